The van der Waals surface area contributed by atoms with Crippen LogP contribution in [0.3, 0.4) is 0 Å². The number of benzene rings is 1. The van der Waals surface area contributed by atoms with E-state index in [4.69, 9.17) is 4.74 Å². The van der Waals surface area contributed by atoms with Crippen molar-refractivity contribution in [2.45, 2.75) is 64.8 Å². The van der Waals surface area contributed by atoms with Crippen molar-refractivity contribution in [1.29, 1.82) is 0 Å². The Balaban J connectivity index is 1.59. The third kappa shape index (κ3) is 6.52. The highest BCUT2D eigenvalue weighted by Gasteiger charge is 2.12. The highest BCUT2D eigenvalue weighted by molar-refractivity contribution is 5.27. The van der Waals surface area contributed by atoms with Gasteiger partial charge in [0.05, 0.1) is 6.61 Å². The molecule has 0 spiro atoms. The van der Waals surface area contributed by atoms with Crippen LogP contribution < -0.4 is 10.1 Å². The Morgan fingerprint density at radius 2 is 1.86 bits per heavy atom. The van der Waals surface area contributed by atoms with E-state index >= 15 is 0 Å². The topological polar surface area (TPSA) is 21.3 Å². The Morgan fingerprint density at radius 3 is 2.57 bits per heavy atom. The first-order valence-corrected chi connectivity index (χ1v) is 8.81. The van der Waals surface area contributed by atoms with E-state index in [1.165, 1.54) is 50.5 Å². The quantitative estimate of drug-likeness (QED) is 0.651. The van der Waals surface area contributed by atoms with Crippen LogP contribution in [0.15, 0.2) is 24.3 Å². The second-order valence-electron chi connectivity index (χ2n) is 6.32. The molecule has 1 saturated carbocycles. The van der Waals surface area contributed by atoms with Crippen LogP contribution in [0, 0.1) is 5.92 Å². The summed E-state index contributed by atoms with van der Waals surface area (Å²) < 4.78 is 5.69. The summed E-state index contributed by atoms with van der Waals surface area (Å²) >= 11 is 0. The molecule has 0 bridgehead atoms. The maximum Gasteiger partial charge on any atom is 0.119 e. The first-order valence-electron chi connectivity index (χ1n) is 8.81. The summed E-state index contributed by atoms with van der Waals surface area (Å²) in [5.41, 5.74) is 1.35. The van der Waals surface area contributed by atoms with Crippen LogP contribution in [0.4, 0.5) is 0 Å². The summed E-state index contributed by atoms with van der Waals surface area (Å²) in [5.74, 6) is 1.97. The smallest absolute Gasteiger partial charge is 0.119 e. The molecule has 2 nitrogen and oxygen atoms in total. The molecule has 0 heterocycles. The molecule has 0 saturated heterocycles. The Kier molecular flexibility index (Phi) is 7.66. The van der Waals surface area contributed by atoms with E-state index < -0.39 is 0 Å². The molecule has 1 fully saturated rings. The second kappa shape index (κ2) is 9.83. The largest absolute Gasteiger partial charge is 0.494 e. The van der Waals surface area contributed by atoms with Gasteiger partial charge in [-0.05, 0) is 43.0 Å². The van der Waals surface area contributed by atoms with E-state index in [9.17, 15) is 0 Å². The Hall–Kier alpha value is -1.02. The van der Waals surface area contributed by atoms with E-state index in [0.717, 1.165) is 37.8 Å². The first-order chi connectivity index (χ1) is 10.4. The van der Waals surface area contributed by atoms with Crippen LogP contribution in [0.25, 0.3) is 0 Å². The molecule has 1 aliphatic carbocycles. The van der Waals surface area contributed by atoms with Crippen molar-refractivity contribution in [2.24, 2.45) is 5.92 Å². The lowest BCUT2D eigenvalue weighted by molar-refractivity contribution is 0.309. The predicted octanol–water partition coefficient (Wildman–Crippen LogP) is 4.93. The Morgan fingerprint density at radius 1 is 1.10 bits per heavy atom. The monoisotopic (exact) mass is 289 g/mol. The molecule has 1 N–H and O–H groups in total. The molecule has 0 radical (unpaired) electrons. The first kappa shape index (κ1) is 16.4. The van der Waals surface area contributed by atoms with Crippen LogP contribution in [0.5, 0.6) is 5.75 Å². The average molecular weight is 289 g/mol. The molecule has 1 aromatic rings. The molecule has 0 aromatic heterocycles. The predicted molar refractivity (Wildman–Crippen MR) is 89.7 cm³/mol. The molecule has 21 heavy (non-hydrogen) atoms. The van der Waals surface area contributed by atoms with Crippen LogP contribution in [-0.2, 0) is 6.54 Å². The minimum Gasteiger partial charge on any atom is -0.494 e. The standard InChI is InChI=1S/C19H31NO/c1-2-3-15-21-19-11-9-18(10-12-19)16-20-14-13-17-7-5-4-6-8-17/h9-12,17,20H,2-8,13-16H2,1H3. The minimum absolute atomic E-state index is 0.829. The van der Waals surface area contributed by atoms with Crippen LogP contribution in [-0.4, -0.2) is 13.2 Å². The number of hydrogen-bond acceptors (Lipinski definition) is 2. The van der Waals surface area contributed by atoms with Gasteiger partial charge in [-0.2, -0.15) is 0 Å². The van der Waals surface area contributed by atoms with E-state index in [0.29, 0.717) is 0 Å². The fourth-order valence-electron chi connectivity index (χ4n) is 3.05. The third-order valence-electron chi connectivity index (χ3n) is 4.47. The van der Waals surface area contributed by atoms with Gasteiger partial charge in [-0.15, -0.1) is 0 Å². The lowest BCUT2D eigenvalue weighted by atomic mass is 9.87. The van der Waals surface area contributed by atoms with Gasteiger partial charge in [0.25, 0.3) is 0 Å². The summed E-state index contributed by atoms with van der Waals surface area (Å²) in [6.07, 6.45) is 10.9. The number of ether oxygens (including phenoxy) is 1. The van der Waals surface area contributed by atoms with Crippen molar-refractivity contribution in [3.63, 3.8) is 0 Å². The van der Waals surface area contributed by atoms with Crippen LogP contribution in [0.2, 0.25) is 0 Å². The molecular weight excluding hydrogens is 258 g/mol. The lowest BCUT2D eigenvalue weighted by Gasteiger charge is -2.21. The van der Waals surface area contributed by atoms with Crippen molar-refractivity contribution in [2.75, 3.05) is 13.2 Å². The van der Waals surface area contributed by atoms with Crippen LogP contribution >= 0.6 is 0 Å². The maximum atomic E-state index is 5.69. The van der Waals surface area contributed by atoms with Crippen molar-refractivity contribution >= 4 is 0 Å². The molecule has 1 aliphatic rings. The molecule has 0 atom stereocenters. The molecule has 0 unspecified atom stereocenters. The van der Waals surface area contributed by atoms with Gasteiger partial charge in [0, 0.05) is 6.54 Å². The normalized spacial score (nSPS) is 16.0. The van der Waals surface area contributed by atoms with Crippen molar-refractivity contribution in [3.05, 3.63) is 29.8 Å². The van der Waals surface area contributed by atoms with Gasteiger partial charge < -0.3 is 10.1 Å². The van der Waals surface area contributed by atoms with E-state index in [1.807, 2.05) is 0 Å². The highest BCUT2D eigenvalue weighted by Crippen LogP contribution is 2.25. The molecule has 1 aromatic carbocycles. The molecule has 0 aliphatic heterocycles. The average Bonchev–Trinajstić information content (AvgIpc) is 2.54. The van der Waals surface area contributed by atoms with E-state index in [2.05, 4.69) is 36.5 Å². The van der Waals surface area contributed by atoms with Gasteiger partial charge in [-0.1, -0.05) is 57.6 Å². The van der Waals surface area contributed by atoms with Crippen molar-refractivity contribution < 1.29 is 4.74 Å². The summed E-state index contributed by atoms with van der Waals surface area (Å²) in [5, 5.41) is 3.58. The minimum atomic E-state index is 0.829. The Bertz CT molecular complexity index is 368. The van der Waals surface area contributed by atoms with Gasteiger partial charge in [-0.3, -0.25) is 0 Å². The summed E-state index contributed by atoms with van der Waals surface area (Å²) in [6.45, 7) is 5.14. The zero-order valence-corrected chi connectivity index (χ0v) is 13.6. The molecule has 118 valence electrons. The second-order valence-corrected chi connectivity index (χ2v) is 6.32. The maximum absolute atomic E-state index is 5.69. The Labute approximate surface area is 130 Å². The molecule has 2 rings (SSSR count). The van der Waals surface area contributed by atoms with E-state index in [1.54, 1.807) is 0 Å². The molecule has 2 heteroatoms. The van der Waals surface area contributed by atoms with Gasteiger partial charge in [-0.25, -0.2) is 0 Å². The molecular formula is C19H31NO. The number of unbranched alkanes of at least 4 members (excludes halogenated alkanes) is 1. The van der Waals surface area contributed by atoms with Gasteiger partial charge in [0.1, 0.15) is 5.75 Å². The number of rotatable bonds is 9. The fourth-order valence-corrected chi connectivity index (χ4v) is 3.05. The van der Waals surface area contributed by atoms with Gasteiger partial charge in [0.15, 0.2) is 0 Å². The third-order valence-corrected chi connectivity index (χ3v) is 4.47. The van der Waals surface area contributed by atoms with Crippen molar-refractivity contribution in [1.82, 2.24) is 5.32 Å². The number of nitrogens with one attached hydrogen (secondary N) is 1. The number of hydrogen-bond donors (Lipinski definition) is 1. The summed E-state index contributed by atoms with van der Waals surface area (Å²) in [6, 6.07) is 8.53. The zero-order valence-electron chi connectivity index (χ0n) is 13.6. The lowest BCUT2D eigenvalue weighted by Crippen LogP contribution is -2.19. The van der Waals surface area contributed by atoms with Gasteiger partial charge in [0.2, 0.25) is 0 Å². The van der Waals surface area contributed by atoms with Crippen LogP contribution in [0.1, 0.15) is 63.9 Å². The summed E-state index contributed by atoms with van der Waals surface area (Å²) in [7, 11) is 0. The van der Waals surface area contributed by atoms with E-state index in [-0.39, 0.29) is 0 Å². The zero-order chi connectivity index (χ0) is 14.8. The summed E-state index contributed by atoms with van der Waals surface area (Å²) in [4.78, 5) is 0. The highest BCUT2D eigenvalue weighted by atomic mass is 16.5. The fraction of sp³-hybridized carbons (Fsp3) is 0.684. The SMILES string of the molecule is CCCCOc1ccc(CNCCC2CCCCC2)cc1. The van der Waals surface area contributed by atoms with Crippen molar-refractivity contribution in [3.8, 4) is 5.75 Å². The molecule has 0 amide bonds. The van der Waals surface area contributed by atoms with Gasteiger partial charge >= 0.3 is 0 Å².